The number of nitriles is 1. The number of morpholine rings is 1. The van der Waals surface area contributed by atoms with Crippen LogP contribution in [0, 0.1) is 11.3 Å². The van der Waals surface area contributed by atoms with Gasteiger partial charge in [0.05, 0.1) is 37.9 Å². The summed E-state index contributed by atoms with van der Waals surface area (Å²) in [7, 11) is 0. The average Bonchev–Trinajstić information content (AvgIpc) is 3.39. The minimum Gasteiger partial charge on any atom is -0.494 e. The van der Waals surface area contributed by atoms with Crippen molar-refractivity contribution in [2.45, 2.75) is 18.9 Å². The molecule has 0 N–H and O–H groups in total. The Morgan fingerprint density at radius 3 is 2.76 bits per heavy atom. The van der Waals surface area contributed by atoms with Gasteiger partial charge >= 0.3 is 0 Å². The molecule has 1 atom stereocenters. The average molecular weight is 483 g/mol. The number of ether oxygens (including phenoxy) is 2. The summed E-state index contributed by atoms with van der Waals surface area (Å²) in [6.45, 7) is 5.30. The molecule has 180 valence electrons. The van der Waals surface area contributed by atoms with Gasteiger partial charge in [-0.3, -0.25) is 14.5 Å². The predicted octanol–water partition coefficient (Wildman–Crippen LogP) is 2.00. The maximum Gasteiger partial charge on any atom is 0.246 e. The molecule has 2 amide bonds. The summed E-state index contributed by atoms with van der Waals surface area (Å²) >= 11 is 1.57. The second kappa shape index (κ2) is 12.0. The van der Waals surface area contributed by atoms with E-state index in [4.69, 9.17) is 14.7 Å². The van der Waals surface area contributed by atoms with Crippen LogP contribution in [0.2, 0.25) is 0 Å². The van der Waals surface area contributed by atoms with E-state index in [1.807, 2.05) is 34.5 Å². The highest BCUT2D eigenvalue weighted by Gasteiger charge is 2.37. The van der Waals surface area contributed by atoms with E-state index in [1.165, 1.54) is 0 Å². The summed E-state index contributed by atoms with van der Waals surface area (Å²) in [5.74, 6) is 0.704. The first-order valence-electron chi connectivity index (χ1n) is 11.7. The van der Waals surface area contributed by atoms with Crippen molar-refractivity contribution in [2.75, 3.05) is 59.1 Å². The lowest BCUT2D eigenvalue weighted by Gasteiger charge is -2.43. The topological polar surface area (TPSA) is 86.1 Å². The van der Waals surface area contributed by atoms with Crippen molar-refractivity contribution in [3.05, 3.63) is 52.2 Å². The number of thiophene rings is 1. The van der Waals surface area contributed by atoms with Crippen LogP contribution in [0.5, 0.6) is 5.75 Å². The highest BCUT2D eigenvalue weighted by molar-refractivity contribution is 7.10. The number of rotatable bonds is 8. The number of benzene rings is 1. The second-order valence-corrected chi connectivity index (χ2v) is 9.47. The molecule has 0 spiro atoms. The highest BCUT2D eigenvalue weighted by Crippen LogP contribution is 2.18. The molecule has 2 aliphatic rings. The Morgan fingerprint density at radius 1 is 1.15 bits per heavy atom. The van der Waals surface area contributed by atoms with Gasteiger partial charge in [-0.1, -0.05) is 12.1 Å². The van der Waals surface area contributed by atoms with Crippen LogP contribution in [0.15, 0.2) is 41.8 Å². The van der Waals surface area contributed by atoms with Gasteiger partial charge in [0.2, 0.25) is 11.8 Å². The van der Waals surface area contributed by atoms with E-state index < -0.39 is 6.04 Å². The minimum absolute atomic E-state index is 0.00872. The molecule has 1 unspecified atom stereocenters. The molecule has 9 heteroatoms. The third kappa shape index (κ3) is 6.35. The Labute approximate surface area is 204 Å². The zero-order chi connectivity index (χ0) is 23.8. The number of piperazine rings is 1. The molecular formula is C25H30N4O4S. The van der Waals surface area contributed by atoms with Gasteiger partial charge in [0.25, 0.3) is 0 Å². The molecule has 1 aromatic heterocycles. The maximum atomic E-state index is 13.4. The lowest BCUT2D eigenvalue weighted by molar-refractivity contribution is -0.151. The Balaban J connectivity index is 1.34. The first-order chi connectivity index (χ1) is 16.6. The quantitative estimate of drug-likeness (QED) is 0.535. The van der Waals surface area contributed by atoms with Crippen LogP contribution in [0.25, 0.3) is 0 Å². The standard InChI is InChI=1S/C25H30N4O4S/c26-18-20-4-1-5-21(16-20)33-12-3-7-27-8-9-29(24(30)17-22-6-2-15-34-22)23(19-27)25(31)28-10-13-32-14-11-28/h1-2,4-6,15-16,23H,3,7-14,17,19H2. The third-order valence-electron chi connectivity index (χ3n) is 6.15. The lowest BCUT2D eigenvalue weighted by Crippen LogP contribution is -2.62. The molecule has 0 aliphatic carbocycles. The lowest BCUT2D eigenvalue weighted by atomic mass is 10.1. The number of nitrogens with zero attached hydrogens (tertiary/aromatic N) is 4. The molecule has 2 aromatic rings. The van der Waals surface area contributed by atoms with Gasteiger partial charge in [-0.2, -0.15) is 5.26 Å². The Bertz CT molecular complexity index is 1000. The van der Waals surface area contributed by atoms with Crippen LogP contribution < -0.4 is 4.74 Å². The molecule has 8 nitrogen and oxygen atoms in total. The SMILES string of the molecule is N#Cc1cccc(OCCCN2CCN(C(=O)Cc3cccs3)C(C(=O)N3CCOCC3)C2)c1. The van der Waals surface area contributed by atoms with E-state index in [0.29, 0.717) is 63.7 Å². The van der Waals surface area contributed by atoms with Crippen LogP contribution in [0.4, 0.5) is 0 Å². The van der Waals surface area contributed by atoms with Crippen molar-refractivity contribution < 1.29 is 19.1 Å². The van der Waals surface area contributed by atoms with E-state index in [0.717, 1.165) is 24.4 Å². The largest absolute Gasteiger partial charge is 0.494 e. The van der Waals surface area contributed by atoms with Gasteiger partial charge in [0, 0.05) is 44.1 Å². The van der Waals surface area contributed by atoms with Gasteiger partial charge in [-0.05, 0) is 36.1 Å². The zero-order valence-electron chi connectivity index (χ0n) is 19.2. The van der Waals surface area contributed by atoms with Crippen LogP contribution in [0.3, 0.4) is 0 Å². The summed E-state index contributed by atoms with van der Waals surface area (Å²) in [6, 6.07) is 12.7. The molecule has 2 saturated heterocycles. The molecule has 3 heterocycles. The molecule has 4 rings (SSSR count). The van der Waals surface area contributed by atoms with Gasteiger partial charge in [-0.15, -0.1) is 11.3 Å². The molecule has 0 saturated carbocycles. The molecule has 2 fully saturated rings. The number of hydrogen-bond acceptors (Lipinski definition) is 7. The van der Waals surface area contributed by atoms with Crippen LogP contribution in [-0.2, 0) is 20.7 Å². The van der Waals surface area contributed by atoms with Crippen molar-refractivity contribution in [3.8, 4) is 11.8 Å². The summed E-state index contributed by atoms with van der Waals surface area (Å²) < 4.78 is 11.2. The van der Waals surface area contributed by atoms with Crippen LogP contribution >= 0.6 is 11.3 Å². The molecular weight excluding hydrogens is 452 g/mol. The smallest absolute Gasteiger partial charge is 0.246 e. The summed E-state index contributed by atoms with van der Waals surface area (Å²) in [5, 5.41) is 11.0. The van der Waals surface area contributed by atoms with E-state index in [9.17, 15) is 9.59 Å². The Hall–Kier alpha value is -2.93. The summed E-state index contributed by atoms with van der Waals surface area (Å²) in [6.07, 6.45) is 1.12. The predicted molar refractivity (Wildman–Crippen MR) is 129 cm³/mol. The summed E-state index contributed by atoms with van der Waals surface area (Å²) in [4.78, 5) is 33.4. The number of carbonyl (C=O) groups is 2. The third-order valence-corrected chi connectivity index (χ3v) is 7.03. The normalized spacial score (nSPS) is 19.0. The minimum atomic E-state index is -0.479. The molecule has 1 aromatic carbocycles. The first kappa shape index (κ1) is 24.2. The molecule has 2 aliphatic heterocycles. The van der Waals surface area contributed by atoms with Gasteiger partial charge in [0.15, 0.2) is 0 Å². The van der Waals surface area contributed by atoms with Gasteiger partial charge < -0.3 is 19.3 Å². The monoisotopic (exact) mass is 482 g/mol. The molecule has 0 radical (unpaired) electrons. The fraction of sp³-hybridized carbons (Fsp3) is 0.480. The summed E-state index contributed by atoms with van der Waals surface area (Å²) in [5.41, 5.74) is 0.574. The van der Waals surface area contributed by atoms with E-state index in [-0.39, 0.29) is 11.8 Å². The fourth-order valence-electron chi connectivity index (χ4n) is 4.34. The van der Waals surface area contributed by atoms with E-state index in [1.54, 1.807) is 28.4 Å². The fourth-order valence-corrected chi connectivity index (χ4v) is 5.04. The number of carbonyl (C=O) groups excluding carboxylic acids is 2. The number of amides is 2. The highest BCUT2D eigenvalue weighted by atomic mass is 32.1. The maximum absolute atomic E-state index is 13.4. The second-order valence-electron chi connectivity index (χ2n) is 8.44. The van der Waals surface area contributed by atoms with Gasteiger partial charge in [-0.25, -0.2) is 0 Å². The van der Waals surface area contributed by atoms with Crippen molar-refractivity contribution in [2.24, 2.45) is 0 Å². The Kier molecular flexibility index (Phi) is 8.52. The van der Waals surface area contributed by atoms with Crippen LogP contribution in [0.1, 0.15) is 16.9 Å². The van der Waals surface area contributed by atoms with Crippen molar-refractivity contribution in [1.82, 2.24) is 14.7 Å². The first-order valence-corrected chi connectivity index (χ1v) is 12.6. The molecule has 34 heavy (non-hydrogen) atoms. The van der Waals surface area contributed by atoms with Gasteiger partial charge in [0.1, 0.15) is 11.8 Å². The van der Waals surface area contributed by atoms with Crippen LogP contribution in [-0.4, -0.2) is 91.6 Å². The Morgan fingerprint density at radius 2 is 2.00 bits per heavy atom. The van der Waals surface area contributed by atoms with Crippen molar-refractivity contribution >= 4 is 23.2 Å². The van der Waals surface area contributed by atoms with E-state index >= 15 is 0 Å². The number of hydrogen-bond donors (Lipinski definition) is 0. The van der Waals surface area contributed by atoms with E-state index in [2.05, 4.69) is 11.0 Å². The molecule has 0 bridgehead atoms. The zero-order valence-corrected chi connectivity index (χ0v) is 20.0. The van der Waals surface area contributed by atoms with Crippen molar-refractivity contribution in [3.63, 3.8) is 0 Å². The van der Waals surface area contributed by atoms with Crippen molar-refractivity contribution in [1.29, 1.82) is 5.26 Å².